The summed E-state index contributed by atoms with van der Waals surface area (Å²) in [6, 6.07) is 11.1. The minimum atomic E-state index is -0.202. The summed E-state index contributed by atoms with van der Waals surface area (Å²) in [5.74, 6) is -0.202. The number of hydrogen-bond donors (Lipinski definition) is 3. The maximum atomic E-state index is 12.5. The molecule has 0 unspecified atom stereocenters. The van der Waals surface area contributed by atoms with Crippen LogP contribution >= 0.6 is 11.6 Å². The van der Waals surface area contributed by atoms with Crippen molar-refractivity contribution in [3.05, 3.63) is 58.2 Å². The van der Waals surface area contributed by atoms with Crippen LogP contribution in [0, 0.1) is 13.8 Å². The van der Waals surface area contributed by atoms with Crippen LogP contribution in [-0.2, 0) is 0 Å². The number of hydrogen-bond acceptors (Lipinski definition) is 2. The number of amides is 1. The summed E-state index contributed by atoms with van der Waals surface area (Å²) >= 11 is 5.97. The third-order valence-electron chi connectivity index (χ3n) is 3.70. The SMILES string of the molecule is Cc1ccc2[nH]c(C(=O)Nc3ccc(N)c(Cl)c3)c(C)c2c1. The van der Waals surface area contributed by atoms with Gasteiger partial charge in [-0.1, -0.05) is 23.2 Å². The number of H-pyrrole nitrogens is 1. The summed E-state index contributed by atoms with van der Waals surface area (Å²) < 4.78 is 0. The van der Waals surface area contributed by atoms with E-state index in [1.165, 1.54) is 0 Å². The van der Waals surface area contributed by atoms with Crippen molar-refractivity contribution in [1.29, 1.82) is 0 Å². The highest BCUT2D eigenvalue weighted by Crippen LogP contribution is 2.25. The third-order valence-corrected chi connectivity index (χ3v) is 4.03. The monoisotopic (exact) mass is 313 g/mol. The second-order valence-electron chi connectivity index (χ2n) is 5.36. The molecule has 22 heavy (non-hydrogen) atoms. The molecule has 0 atom stereocenters. The Morgan fingerprint density at radius 2 is 1.95 bits per heavy atom. The van der Waals surface area contributed by atoms with Crippen molar-refractivity contribution in [2.24, 2.45) is 0 Å². The lowest BCUT2D eigenvalue weighted by Gasteiger charge is -2.06. The van der Waals surface area contributed by atoms with Gasteiger partial charge in [-0.25, -0.2) is 0 Å². The molecule has 5 heteroatoms. The second-order valence-corrected chi connectivity index (χ2v) is 5.77. The Bertz CT molecular complexity index is 883. The molecule has 0 fully saturated rings. The molecule has 1 amide bonds. The fourth-order valence-electron chi connectivity index (χ4n) is 2.47. The van der Waals surface area contributed by atoms with Gasteiger partial charge in [0.05, 0.1) is 10.7 Å². The predicted octanol–water partition coefficient (Wildman–Crippen LogP) is 4.27. The normalized spacial score (nSPS) is 10.9. The van der Waals surface area contributed by atoms with Crippen LogP contribution in [-0.4, -0.2) is 10.9 Å². The molecular formula is C17H16ClN3O. The summed E-state index contributed by atoms with van der Waals surface area (Å²) in [5, 5.41) is 4.31. The van der Waals surface area contributed by atoms with E-state index in [9.17, 15) is 4.79 Å². The molecule has 0 aliphatic heterocycles. The van der Waals surface area contributed by atoms with Gasteiger partial charge in [0.15, 0.2) is 0 Å². The Hall–Kier alpha value is -2.46. The maximum Gasteiger partial charge on any atom is 0.272 e. The number of aryl methyl sites for hydroxylation is 2. The van der Waals surface area contributed by atoms with E-state index in [1.54, 1.807) is 18.2 Å². The van der Waals surface area contributed by atoms with E-state index < -0.39 is 0 Å². The van der Waals surface area contributed by atoms with Crippen LogP contribution in [0.15, 0.2) is 36.4 Å². The first-order valence-electron chi connectivity index (χ1n) is 6.91. The van der Waals surface area contributed by atoms with Gasteiger partial charge >= 0.3 is 0 Å². The number of nitrogens with one attached hydrogen (secondary N) is 2. The number of benzene rings is 2. The fourth-order valence-corrected chi connectivity index (χ4v) is 2.65. The minimum absolute atomic E-state index is 0.202. The number of anilines is 2. The number of carbonyl (C=O) groups excluding carboxylic acids is 1. The van der Waals surface area contributed by atoms with E-state index in [1.807, 2.05) is 26.0 Å². The van der Waals surface area contributed by atoms with E-state index in [-0.39, 0.29) is 5.91 Å². The predicted molar refractivity (Wildman–Crippen MR) is 91.6 cm³/mol. The molecule has 112 valence electrons. The first-order valence-corrected chi connectivity index (χ1v) is 7.29. The first kappa shape index (κ1) is 14.5. The van der Waals surface area contributed by atoms with Crippen LogP contribution in [0.1, 0.15) is 21.6 Å². The molecule has 0 bridgehead atoms. The molecule has 1 heterocycles. The lowest BCUT2D eigenvalue weighted by atomic mass is 10.1. The molecule has 4 N–H and O–H groups in total. The van der Waals surface area contributed by atoms with Crippen molar-refractivity contribution in [1.82, 2.24) is 4.98 Å². The molecule has 3 rings (SSSR count). The number of nitrogen functional groups attached to an aromatic ring is 1. The third kappa shape index (κ3) is 2.53. The number of carbonyl (C=O) groups is 1. The molecular weight excluding hydrogens is 298 g/mol. The minimum Gasteiger partial charge on any atom is -0.398 e. The van der Waals surface area contributed by atoms with Gasteiger partial charge in [0, 0.05) is 16.6 Å². The average molecular weight is 314 g/mol. The summed E-state index contributed by atoms with van der Waals surface area (Å²) in [6.45, 7) is 3.96. The largest absolute Gasteiger partial charge is 0.398 e. The van der Waals surface area contributed by atoms with Crippen molar-refractivity contribution in [2.45, 2.75) is 13.8 Å². The zero-order valence-electron chi connectivity index (χ0n) is 12.3. The van der Waals surface area contributed by atoms with Crippen molar-refractivity contribution in [3.63, 3.8) is 0 Å². The molecule has 2 aromatic carbocycles. The van der Waals surface area contributed by atoms with Crippen LogP contribution in [0.5, 0.6) is 0 Å². The van der Waals surface area contributed by atoms with E-state index in [0.29, 0.717) is 22.1 Å². The lowest BCUT2D eigenvalue weighted by Crippen LogP contribution is -2.13. The molecule has 0 saturated carbocycles. The Labute approximate surface area is 133 Å². The standard InChI is InChI=1S/C17H16ClN3O/c1-9-3-6-15-12(7-9)10(2)16(21-15)17(22)20-11-4-5-14(19)13(18)8-11/h3-8,21H,19H2,1-2H3,(H,20,22). The van der Waals surface area contributed by atoms with E-state index in [0.717, 1.165) is 22.0 Å². The second kappa shape index (κ2) is 5.39. The van der Waals surface area contributed by atoms with Gasteiger partial charge in [-0.2, -0.15) is 0 Å². The Morgan fingerprint density at radius 1 is 1.18 bits per heavy atom. The van der Waals surface area contributed by atoms with Gasteiger partial charge in [-0.05, 0) is 49.7 Å². The molecule has 3 aromatic rings. The van der Waals surface area contributed by atoms with Crippen molar-refractivity contribution >= 4 is 39.8 Å². The molecule has 0 aliphatic carbocycles. The number of rotatable bonds is 2. The fraction of sp³-hybridized carbons (Fsp3) is 0.118. The van der Waals surface area contributed by atoms with Crippen LogP contribution < -0.4 is 11.1 Å². The Kier molecular flexibility index (Phi) is 3.54. The van der Waals surface area contributed by atoms with E-state index in [2.05, 4.69) is 16.4 Å². The van der Waals surface area contributed by atoms with Gasteiger partial charge in [0.1, 0.15) is 5.69 Å². The smallest absolute Gasteiger partial charge is 0.272 e. The molecule has 0 radical (unpaired) electrons. The van der Waals surface area contributed by atoms with Crippen molar-refractivity contribution < 1.29 is 4.79 Å². The van der Waals surface area contributed by atoms with Crippen LogP contribution in [0.3, 0.4) is 0 Å². The maximum absolute atomic E-state index is 12.5. The number of aromatic nitrogens is 1. The highest BCUT2D eigenvalue weighted by molar-refractivity contribution is 6.33. The van der Waals surface area contributed by atoms with Gasteiger partial charge in [-0.15, -0.1) is 0 Å². The zero-order chi connectivity index (χ0) is 15.9. The topological polar surface area (TPSA) is 70.9 Å². The first-order chi connectivity index (χ1) is 10.5. The van der Waals surface area contributed by atoms with Crippen molar-refractivity contribution in [3.8, 4) is 0 Å². The van der Waals surface area contributed by atoms with Gasteiger partial charge in [0.2, 0.25) is 0 Å². The van der Waals surface area contributed by atoms with E-state index >= 15 is 0 Å². The number of halogens is 1. The highest BCUT2D eigenvalue weighted by Gasteiger charge is 2.15. The number of aromatic amines is 1. The summed E-state index contributed by atoms with van der Waals surface area (Å²) in [6.07, 6.45) is 0. The quantitative estimate of drug-likeness (QED) is 0.618. The van der Waals surface area contributed by atoms with Gasteiger partial charge in [-0.3, -0.25) is 4.79 Å². The van der Waals surface area contributed by atoms with Crippen LogP contribution in [0.4, 0.5) is 11.4 Å². The number of nitrogens with two attached hydrogens (primary N) is 1. The molecule has 0 aliphatic rings. The van der Waals surface area contributed by atoms with Gasteiger partial charge in [0.25, 0.3) is 5.91 Å². The molecule has 0 spiro atoms. The summed E-state index contributed by atoms with van der Waals surface area (Å²) in [7, 11) is 0. The summed E-state index contributed by atoms with van der Waals surface area (Å²) in [5.41, 5.74) is 10.3. The Balaban J connectivity index is 1.95. The van der Waals surface area contributed by atoms with Crippen LogP contribution in [0.25, 0.3) is 10.9 Å². The van der Waals surface area contributed by atoms with E-state index in [4.69, 9.17) is 17.3 Å². The zero-order valence-corrected chi connectivity index (χ0v) is 13.1. The van der Waals surface area contributed by atoms with Gasteiger partial charge < -0.3 is 16.0 Å². The number of fused-ring (bicyclic) bond motifs is 1. The molecule has 4 nitrogen and oxygen atoms in total. The molecule has 1 aromatic heterocycles. The summed E-state index contributed by atoms with van der Waals surface area (Å²) in [4.78, 5) is 15.6. The van der Waals surface area contributed by atoms with Crippen molar-refractivity contribution in [2.75, 3.05) is 11.1 Å². The lowest BCUT2D eigenvalue weighted by molar-refractivity contribution is 0.102. The molecule has 0 saturated heterocycles. The Morgan fingerprint density at radius 3 is 2.68 bits per heavy atom. The van der Waals surface area contributed by atoms with Crippen LogP contribution in [0.2, 0.25) is 5.02 Å². The highest BCUT2D eigenvalue weighted by atomic mass is 35.5. The average Bonchev–Trinajstić information content (AvgIpc) is 2.80.